The largest absolute Gasteiger partial charge is 0.493 e. The van der Waals surface area contributed by atoms with E-state index >= 15 is 0 Å². The molecule has 1 aliphatic heterocycles. The highest BCUT2D eigenvalue weighted by atomic mass is 32.2. The molecule has 0 spiro atoms. The Hall–Kier alpha value is -1.96. The number of likely N-dealkylation sites (tertiary alicyclic amines) is 1. The molecule has 1 amide bonds. The number of sulfone groups is 1. The molecule has 7 nitrogen and oxygen atoms in total. The van der Waals surface area contributed by atoms with Crippen molar-refractivity contribution in [2.45, 2.75) is 44.8 Å². The molecule has 0 atom stereocenters. The number of methoxy groups -OCH3 is 3. The lowest BCUT2D eigenvalue weighted by atomic mass is 10.1. The van der Waals surface area contributed by atoms with Crippen molar-refractivity contribution in [3.05, 3.63) is 17.7 Å². The Balaban J connectivity index is 1.96. The first-order chi connectivity index (χ1) is 13.7. The van der Waals surface area contributed by atoms with Gasteiger partial charge in [0.25, 0.3) is 0 Å². The molecule has 1 aliphatic rings. The zero-order valence-electron chi connectivity index (χ0n) is 18.1. The Morgan fingerprint density at radius 2 is 1.69 bits per heavy atom. The summed E-state index contributed by atoms with van der Waals surface area (Å²) < 4.78 is 41.0. The number of rotatable bonds is 9. The second-order valence-corrected chi connectivity index (χ2v) is 10.1. The van der Waals surface area contributed by atoms with Crippen LogP contribution in [0.25, 0.3) is 0 Å². The predicted octanol–water partition coefficient (Wildman–Crippen LogP) is 2.71. The molecule has 0 aliphatic carbocycles. The molecule has 1 fully saturated rings. The third-order valence-corrected chi connectivity index (χ3v) is 7.88. The van der Waals surface area contributed by atoms with Gasteiger partial charge in [-0.25, -0.2) is 8.42 Å². The number of nitrogens with zero attached hydrogens (tertiary/aromatic N) is 1. The van der Waals surface area contributed by atoms with E-state index in [1.165, 1.54) is 0 Å². The number of piperidine rings is 1. The molecule has 0 N–H and O–H groups in total. The fourth-order valence-electron chi connectivity index (χ4n) is 3.82. The average molecular weight is 428 g/mol. The third-order valence-electron chi connectivity index (χ3n) is 5.26. The zero-order chi connectivity index (χ0) is 21.6. The van der Waals surface area contributed by atoms with Gasteiger partial charge in [-0.15, -0.1) is 0 Å². The van der Waals surface area contributed by atoms with E-state index in [0.29, 0.717) is 56.0 Å². The number of hydrogen-bond acceptors (Lipinski definition) is 6. The molecule has 1 heterocycles. The van der Waals surface area contributed by atoms with Crippen LogP contribution < -0.4 is 14.2 Å². The summed E-state index contributed by atoms with van der Waals surface area (Å²) in [4.78, 5) is 14.4. The molecule has 0 saturated carbocycles. The summed E-state index contributed by atoms with van der Waals surface area (Å²) in [5, 5.41) is -0.333. The maximum Gasteiger partial charge on any atom is 0.222 e. The van der Waals surface area contributed by atoms with Crippen LogP contribution in [-0.4, -0.2) is 64.6 Å². The number of carbonyl (C=O) groups excluding carboxylic acids is 1. The number of aryl methyl sites for hydroxylation is 1. The van der Waals surface area contributed by atoms with Crippen LogP contribution in [0.4, 0.5) is 0 Å². The van der Waals surface area contributed by atoms with Crippen molar-refractivity contribution in [1.29, 1.82) is 0 Å². The van der Waals surface area contributed by atoms with Crippen LogP contribution in [0.1, 0.15) is 38.7 Å². The minimum atomic E-state index is -3.09. The molecule has 29 heavy (non-hydrogen) atoms. The lowest BCUT2D eigenvalue weighted by Gasteiger charge is -2.32. The van der Waals surface area contributed by atoms with Gasteiger partial charge >= 0.3 is 0 Å². The van der Waals surface area contributed by atoms with Crippen LogP contribution >= 0.6 is 0 Å². The van der Waals surface area contributed by atoms with Crippen LogP contribution in [0.3, 0.4) is 0 Å². The van der Waals surface area contributed by atoms with E-state index in [-0.39, 0.29) is 22.8 Å². The van der Waals surface area contributed by atoms with Gasteiger partial charge in [0.2, 0.25) is 11.7 Å². The van der Waals surface area contributed by atoms with Gasteiger partial charge in [-0.1, -0.05) is 19.9 Å². The summed E-state index contributed by atoms with van der Waals surface area (Å²) in [6.07, 6.45) is 1.87. The molecule has 0 radical (unpaired) electrons. The summed E-state index contributed by atoms with van der Waals surface area (Å²) in [7, 11) is 1.58. The predicted molar refractivity (Wildman–Crippen MR) is 113 cm³/mol. The highest BCUT2D eigenvalue weighted by Crippen LogP contribution is 2.40. The number of benzene rings is 1. The van der Waals surface area contributed by atoms with Gasteiger partial charge in [0.1, 0.15) is 0 Å². The lowest BCUT2D eigenvalue weighted by molar-refractivity contribution is -0.132. The molecule has 0 unspecified atom stereocenters. The van der Waals surface area contributed by atoms with Gasteiger partial charge < -0.3 is 19.1 Å². The Morgan fingerprint density at radius 3 is 2.21 bits per heavy atom. The van der Waals surface area contributed by atoms with E-state index in [2.05, 4.69) is 0 Å². The molecule has 1 saturated heterocycles. The van der Waals surface area contributed by atoms with Crippen LogP contribution in [0, 0.1) is 5.92 Å². The van der Waals surface area contributed by atoms with Crippen LogP contribution in [-0.2, 0) is 21.1 Å². The van der Waals surface area contributed by atoms with E-state index in [1.807, 2.05) is 19.9 Å². The van der Waals surface area contributed by atoms with Gasteiger partial charge in [0.05, 0.1) is 32.3 Å². The topological polar surface area (TPSA) is 82.1 Å². The molecule has 2 rings (SSSR count). The quantitative estimate of drug-likeness (QED) is 0.603. The van der Waals surface area contributed by atoms with Crippen LogP contribution in [0.5, 0.6) is 17.2 Å². The van der Waals surface area contributed by atoms with E-state index in [9.17, 15) is 13.2 Å². The first-order valence-corrected chi connectivity index (χ1v) is 11.7. The molecule has 1 aromatic carbocycles. The van der Waals surface area contributed by atoms with Gasteiger partial charge in [0.15, 0.2) is 21.3 Å². The molecule has 0 aromatic heterocycles. The smallest absolute Gasteiger partial charge is 0.222 e. The second-order valence-electron chi connectivity index (χ2n) is 7.80. The van der Waals surface area contributed by atoms with Gasteiger partial charge in [-0.05, 0) is 36.8 Å². The van der Waals surface area contributed by atoms with Crippen molar-refractivity contribution in [2.75, 3.05) is 40.2 Å². The number of hydrogen-bond donors (Lipinski definition) is 0. The maximum absolute atomic E-state index is 12.7. The Bertz CT molecular complexity index is 798. The first kappa shape index (κ1) is 23.3. The van der Waals surface area contributed by atoms with Crippen molar-refractivity contribution in [3.8, 4) is 17.2 Å². The third kappa shape index (κ3) is 5.78. The monoisotopic (exact) mass is 427 g/mol. The van der Waals surface area contributed by atoms with Crippen molar-refractivity contribution < 1.29 is 27.4 Å². The minimum absolute atomic E-state index is 0.0292. The molecular weight excluding hydrogens is 394 g/mol. The Kier molecular flexibility index (Phi) is 8.19. The minimum Gasteiger partial charge on any atom is -0.493 e. The summed E-state index contributed by atoms with van der Waals surface area (Å²) in [5.41, 5.74) is 0.868. The second kappa shape index (κ2) is 10.2. The summed E-state index contributed by atoms with van der Waals surface area (Å²) >= 11 is 0. The van der Waals surface area contributed by atoms with Gasteiger partial charge in [-0.3, -0.25) is 4.79 Å². The van der Waals surface area contributed by atoms with Crippen molar-refractivity contribution >= 4 is 15.7 Å². The van der Waals surface area contributed by atoms with E-state index in [1.54, 1.807) is 32.3 Å². The summed E-state index contributed by atoms with van der Waals surface area (Å²) in [6, 6.07) is 3.67. The fraction of sp³-hybridized carbons (Fsp3) is 0.667. The van der Waals surface area contributed by atoms with Crippen molar-refractivity contribution in [2.24, 2.45) is 5.92 Å². The Labute approximate surface area is 174 Å². The van der Waals surface area contributed by atoms with Gasteiger partial charge in [-0.2, -0.15) is 0 Å². The molecular formula is C21H33NO6S. The molecule has 164 valence electrons. The molecule has 8 heteroatoms. The molecule has 1 aromatic rings. The summed E-state index contributed by atoms with van der Waals surface area (Å²) in [6.45, 7) is 4.81. The average Bonchev–Trinajstić information content (AvgIpc) is 2.70. The normalized spacial score (nSPS) is 15.4. The lowest BCUT2D eigenvalue weighted by Crippen LogP contribution is -2.43. The number of carbonyl (C=O) groups is 1. The highest BCUT2D eigenvalue weighted by Gasteiger charge is 2.31. The van der Waals surface area contributed by atoms with Crippen molar-refractivity contribution in [3.63, 3.8) is 0 Å². The summed E-state index contributed by atoms with van der Waals surface area (Å²) in [5.74, 6) is 2.01. The van der Waals surface area contributed by atoms with Crippen LogP contribution in [0.2, 0.25) is 0 Å². The van der Waals surface area contributed by atoms with E-state index < -0.39 is 9.84 Å². The number of ether oxygens (including phenoxy) is 3. The Morgan fingerprint density at radius 1 is 1.07 bits per heavy atom. The van der Waals surface area contributed by atoms with Gasteiger partial charge in [0, 0.05) is 19.5 Å². The fourth-order valence-corrected chi connectivity index (χ4v) is 5.96. The number of amides is 1. The highest BCUT2D eigenvalue weighted by molar-refractivity contribution is 7.92. The molecule has 0 bridgehead atoms. The van der Waals surface area contributed by atoms with E-state index in [4.69, 9.17) is 14.2 Å². The SMILES string of the molecule is COc1ccc(CCC(=O)N2CCC(S(=O)(=O)CC(C)C)CC2)c(OC)c1OC. The standard InChI is InChI=1S/C21H33NO6S/c1-15(2)14-29(24,25)17-10-12-22(13-11-17)19(23)9-7-16-6-8-18(26-3)21(28-5)20(16)27-4/h6,8,15,17H,7,9-14H2,1-5H3. The van der Waals surface area contributed by atoms with Crippen molar-refractivity contribution in [1.82, 2.24) is 4.90 Å². The maximum atomic E-state index is 12.7. The van der Waals surface area contributed by atoms with E-state index in [0.717, 1.165) is 5.56 Å². The zero-order valence-corrected chi connectivity index (χ0v) is 18.9. The first-order valence-electron chi connectivity index (χ1n) is 10.0. The van der Waals surface area contributed by atoms with Crippen LogP contribution in [0.15, 0.2) is 12.1 Å².